The number of nitrogens with zero attached hydrogens (tertiary/aromatic N) is 2. The molecule has 1 heterocycles. The fourth-order valence-corrected chi connectivity index (χ4v) is 2.55. The molecule has 0 bridgehead atoms. The molecular formula is C15H11BrClN3O. The minimum absolute atomic E-state index is 0.385. The minimum atomic E-state index is 0.385. The number of anilines is 1. The van der Waals surface area contributed by atoms with E-state index in [1.54, 1.807) is 18.2 Å². The SMILES string of the molecule is Cc1ccc(-c2noc(-c3cc(N)cc(Cl)c3)n2)cc1Br. The smallest absolute Gasteiger partial charge is 0.258 e. The van der Waals surface area contributed by atoms with Crippen molar-refractivity contribution in [2.24, 2.45) is 0 Å². The Morgan fingerprint density at radius 1 is 1.14 bits per heavy atom. The lowest BCUT2D eigenvalue weighted by atomic mass is 10.1. The van der Waals surface area contributed by atoms with Crippen LogP contribution in [0.1, 0.15) is 5.56 Å². The molecule has 0 spiro atoms. The summed E-state index contributed by atoms with van der Waals surface area (Å²) in [5, 5.41) is 4.53. The highest BCUT2D eigenvalue weighted by molar-refractivity contribution is 9.10. The van der Waals surface area contributed by atoms with Crippen molar-refractivity contribution in [3.8, 4) is 22.8 Å². The van der Waals surface area contributed by atoms with Gasteiger partial charge in [0.2, 0.25) is 5.82 Å². The van der Waals surface area contributed by atoms with Gasteiger partial charge in [0.25, 0.3) is 5.89 Å². The highest BCUT2D eigenvalue weighted by Gasteiger charge is 2.12. The van der Waals surface area contributed by atoms with Crippen LogP contribution in [0, 0.1) is 6.92 Å². The van der Waals surface area contributed by atoms with E-state index < -0.39 is 0 Å². The molecule has 2 aromatic carbocycles. The molecule has 0 aliphatic rings. The van der Waals surface area contributed by atoms with Gasteiger partial charge in [-0.15, -0.1) is 0 Å². The molecule has 0 amide bonds. The fraction of sp³-hybridized carbons (Fsp3) is 0.0667. The van der Waals surface area contributed by atoms with E-state index in [4.69, 9.17) is 21.9 Å². The number of aryl methyl sites for hydroxylation is 1. The van der Waals surface area contributed by atoms with Crippen LogP contribution in [0.15, 0.2) is 45.4 Å². The summed E-state index contributed by atoms with van der Waals surface area (Å²) < 4.78 is 6.29. The number of hydrogen-bond acceptors (Lipinski definition) is 4. The van der Waals surface area contributed by atoms with E-state index in [2.05, 4.69) is 26.1 Å². The number of aromatic nitrogens is 2. The molecule has 2 N–H and O–H groups in total. The predicted molar refractivity (Wildman–Crippen MR) is 87.0 cm³/mol. The number of halogens is 2. The van der Waals surface area contributed by atoms with Gasteiger partial charge in [-0.2, -0.15) is 4.98 Å². The summed E-state index contributed by atoms with van der Waals surface area (Å²) in [7, 11) is 0. The number of nitrogens with two attached hydrogens (primary N) is 1. The van der Waals surface area contributed by atoms with Crippen molar-refractivity contribution in [1.82, 2.24) is 10.1 Å². The first-order valence-electron chi connectivity index (χ1n) is 6.19. The lowest BCUT2D eigenvalue weighted by molar-refractivity contribution is 0.432. The molecule has 0 atom stereocenters. The van der Waals surface area contributed by atoms with Crippen molar-refractivity contribution in [2.45, 2.75) is 6.92 Å². The Hall–Kier alpha value is -1.85. The third kappa shape index (κ3) is 2.94. The predicted octanol–water partition coefficient (Wildman–Crippen LogP) is 4.71. The topological polar surface area (TPSA) is 64.9 Å². The van der Waals surface area contributed by atoms with Gasteiger partial charge >= 0.3 is 0 Å². The van der Waals surface area contributed by atoms with Crippen LogP contribution in [-0.2, 0) is 0 Å². The molecule has 0 saturated carbocycles. The van der Waals surface area contributed by atoms with Gasteiger partial charge in [-0.05, 0) is 36.8 Å². The molecule has 1 aromatic heterocycles. The van der Waals surface area contributed by atoms with Crippen molar-refractivity contribution >= 4 is 33.2 Å². The number of benzene rings is 2. The zero-order valence-electron chi connectivity index (χ0n) is 11.1. The van der Waals surface area contributed by atoms with E-state index in [0.29, 0.717) is 28.0 Å². The molecule has 0 saturated heterocycles. The third-order valence-corrected chi connectivity index (χ3v) is 4.10. The molecule has 3 aromatic rings. The van der Waals surface area contributed by atoms with Crippen LogP contribution >= 0.6 is 27.5 Å². The Morgan fingerprint density at radius 3 is 2.67 bits per heavy atom. The van der Waals surface area contributed by atoms with Crippen LogP contribution in [-0.4, -0.2) is 10.1 Å². The van der Waals surface area contributed by atoms with Crippen LogP contribution in [0.5, 0.6) is 0 Å². The molecule has 0 fully saturated rings. The second-order valence-corrected chi connectivity index (χ2v) is 5.95. The van der Waals surface area contributed by atoms with Crippen molar-refractivity contribution < 1.29 is 4.52 Å². The molecule has 0 aliphatic carbocycles. The van der Waals surface area contributed by atoms with E-state index in [0.717, 1.165) is 15.6 Å². The van der Waals surface area contributed by atoms with Gasteiger partial charge in [0.05, 0.1) is 0 Å². The van der Waals surface area contributed by atoms with E-state index >= 15 is 0 Å². The van der Waals surface area contributed by atoms with Crippen molar-refractivity contribution in [1.29, 1.82) is 0 Å². The summed E-state index contributed by atoms with van der Waals surface area (Å²) in [5.74, 6) is 0.903. The average molecular weight is 365 g/mol. The van der Waals surface area contributed by atoms with E-state index in [-0.39, 0.29) is 0 Å². The first-order valence-corrected chi connectivity index (χ1v) is 7.37. The zero-order chi connectivity index (χ0) is 15.0. The summed E-state index contributed by atoms with van der Waals surface area (Å²) in [6, 6.07) is 11.0. The van der Waals surface area contributed by atoms with E-state index in [9.17, 15) is 0 Å². The Morgan fingerprint density at radius 2 is 1.95 bits per heavy atom. The Kier molecular flexibility index (Phi) is 3.69. The first-order chi connectivity index (χ1) is 10.0. The van der Waals surface area contributed by atoms with Gasteiger partial charge in [-0.3, -0.25) is 0 Å². The summed E-state index contributed by atoms with van der Waals surface area (Å²) in [4.78, 5) is 4.39. The largest absolute Gasteiger partial charge is 0.399 e. The Balaban J connectivity index is 2.01. The molecule has 0 unspecified atom stereocenters. The number of hydrogen-bond donors (Lipinski definition) is 1. The van der Waals surface area contributed by atoms with Crippen LogP contribution in [0.2, 0.25) is 5.02 Å². The number of nitrogen functional groups attached to an aromatic ring is 1. The monoisotopic (exact) mass is 363 g/mol. The van der Waals surface area contributed by atoms with Gasteiger partial charge in [0.15, 0.2) is 0 Å². The maximum atomic E-state index is 5.99. The Bertz CT molecular complexity index is 796. The molecule has 0 aliphatic heterocycles. The normalized spacial score (nSPS) is 10.8. The molecule has 4 nitrogen and oxygen atoms in total. The standard InChI is InChI=1S/C15H11BrClN3O/c1-8-2-3-9(6-13(8)16)14-19-15(21-20-14)10-4-11(17)7-12(18)5-10/h2-7H,18H2,1H3. The minimum Gasteiger partial charge on any atom is -0.399 e. The van der Waals surface area contributed by atoms with Crippen LogP contribution in [0.3, 0.4) is 0 Å². The van der Waals surface area contributed by atoms with Crippen molar-refractivity contribution in [3.63, 3.8) is 0 Å². The van der Waals surface area contributed by atoms with E-state index in [1.165, 1.54) is 0 Å². The highest BCUT2D eigenvalue weighted by atomic mass is 79.9. The maximum Gasteiger partial charge on any atom is 0.258 e. The third-order valence-electron chi connectivity index (χ3n) is 3.02. The van der Waals surface area contributed by atoms with E-state index in [1.807, 2.05) is 25.1 Å². The van der Waals surface area contributed by atoms with Gasteiger partial charge in [0, 0.05) is 26.3 Å². The van der Waals surface area contributed by atoms with Crippen molar-refractivity contribution in [2.75, 3.05) is 5.73 Å². The second-order valence-electron chi connectivity index (χ2n) is 4.66. The van der Waals surface area contributed by atoms with Crippen LogP contribution in [0.4, 0.5) is 5.69 Å². The molecule has 21 heavy (non-hydrogen) atoms. The maximum absolute atomic E-state index is 5.99. The first kappa shape index (κ1) is 14.1. The molecule has 3 rings (SSSR count). The van der Waals surface area contributed by atoms with Gasteiger partial charge in [-0.1, -0.05) is 44.8 Å². The second kappa shape index (κ2) is 5.50. The molecular weight excluding hydrogens is 354 g/mol. The summed E-state index contributed by atoms with van der Waals surface area (Å²) in [6.45, 7) is 2.02. The summed E-state index contributed by atoms with van der Waals surface area (Å²) in [6.07, 6.45) is 0. The zero-order valence-corrected chi connectivity index (χ0v) is 13.4. The van der Waals surface area contributed by atoms with Gasteiger partial charge < -0.3 is 10.3 Å². The molecule has 0 radical (unpaired) electrons. The summed E-state index contributed by atoms with van der Waals surface area (Å²) >= 11 is 9.48. The van der Waals surface area contributed by atoms with Gasteiger partial charge in [-0.25, -0.2) is 0 Å². The lowest BCUT2D eigenvalue weighted by Gasteiger charge is -1.99. The molecule has 6 heteroatoms. The van der Waals surface area contributed by atoms with Crippen LogP contribution < -0.4 is 5.73 Å². The summed E-state index contributed by atoms with van der Waals surface area (Å²) in [5.41, 5.74) is 9.04. The van der Waals surface area contributed by atoms with Crippen molar-refractivity contribution in [3.05, 3.63) is 51.5 Å². The van der Waals surface area contributed by atoms with Gasteiger partial charge in [0.1, 0.15) is 0 Å². The average Bonchev–Trinajstić information content (AvgIpc) is 2.90. The highest BCUT2D eigenvalue weighted by Crippen LogP contribution is 2.28. The quantitative estimate of drug-likeness (QED) is 0.669. The van der Waals surface area contributed by atoms with Crippen LogP contribution in [0.25, 0.3) is 22.8 Å². The molecule has 106 valence electrons. The Labute approximate surface area is 135 Å². The number of rotatable bonds is 2. The fourth-order valence-electron chi connectivity index (χ4n) is 1.93. The lowest BCUT2D eigenvalue weighted by Crippen LogP contribution is -1.87.